The molecule has 0 saturated heterocycles. The second-order valence-electron chi connectivity index (χ2n) is 0.949. The summed E-state index contributed by atoms with van der Waals surface area (Å²) in [4.78, 5) is 11.6. The van der Waals surface area contributed by atoms with Crippen LogP contribution in [0.1, 0.15) is 6.92 Å². The van der Waals surface area contributed by atoms with E-state index in [1.165, 1.54) is 0 Å². The van der Waals surface area contributed by atoms with Crippen molar-refractivity contribution in [1.29, 1.82) is 0 Å². The standard InChI is InChI=1S/C3H5ClNO/c1-3(2-6)5-4/h3,5H,1H3. The minimum atomic E-state index is -0.355. The van der Waals surface area contributed by atoms with Gasteiger partial charge in [-0.05, 0) is 18.7 Å². The highest BCUT2D eigenvalue weighted by Crippen LogP contribution is 1.71. The molecule has 0 aliphatic rings. The predicted octanol–water partition coefficient (Wildman–Crippen LogP) is 0.228. The Bertz CT molecular complexity index is 48.1. The lowest BCUT2D eigenvalue weighted by atomic mass is 10.4. The third-order valence-corrected chi connectivity index (χ3v) is 0.668. The molecule has 0 aromatic heterocycles. The van der Waals surface area contributed by atoms with E-state index in [1.54, 1.807) is 13.2 Å². The molecular weight excluding hydrogens is 101 g/mol. The summed E-state index contributed by atoms with van der Waals surface area (Å²) in [5.74, 6) is 0. The van der Waals surface area contributed by atoms with Crippen LogP contribution in [0.25, 0.3) is 0 Å². The second-order valence-corrected chi connectivity index (χ2v) is 1.17. The van der Waals surface area contributed by atoms with E-state index in [9.17, 15) is 4.79 Å². The van der Waals surface area contributed by atoms with Gasteiger partial charge in [0.25, 0.3) is 0 Å². The summed E-state index contributed by atoms with van der Waals surface area (Å²) < 4.78 is 0. The molecule has 0 amide bonds. The van der Waals surface area contributed by atoms with E-state index in [4.69, 9.17) is 11.8 Å². The zero-order valence-electron chi connectivity index (χ0n) is 3.36. The van der Waals surface area contributed by atoms with Gasteiger partial charge in [0, 0.05) is 0 Å². The van der Waals surface area contributed by atoms with E-state index in [1.807, 2.05) is 0 Å². The van der Waals surface area contributed by atoms with Crippen LogP contribution in [0.5, 0.6) is 0 Å². The third-order valence-electron chi connectivity index (χ3n) is 0.340. The van der Waals surface area contributed by atoms with E-state index < -0.39 is 0 Å². The number of nitrogens with one attached hydrogen (secondary N) is 1. The van der Waals surface area contributed by atoms with E-state index in [-0.39, 0.29) is 6.04 Å². The molecule has 1 N–H and O–H groups in total. The number of hydrogen-bond acceptors (Lipinski definition) is 2. The minimum Gasteiger partial charge on any atom is -0.289 e. The molecule has 1 unspecified atom stereocenters. The summed E-state index contributed by atoms with van der Waals surface area (Å²) in [6.45, 7) is 1.61. The smallest absolute Gasteiger partial charge is 0.217 e. The van der Waals surface area contributed by atoms with Gasteiger partial charge in [-0.3, -0.25) is 4.79 Å². The van der Waals surface area contributed by atoms with Crippen LogP contribution < -0.4 is 4.84 Å². The van der Waals surface area contributed by atoms with Crippen molar-refractivity contribution >= 4 is 18.1 Å². The van der Waals surface area contributed by atoms with Crippen LogP contribution in [0.2, 0.25) is 0 Å². The highest BCUT2D eigenvalue weighted by atomic mass is 35.5. The van der Waals surface area contributed by atoms with Crippen molar-refractivity contribution in [2.45, 2.75) is 13.0 Å². The van der Waals surface area contributed by atoms with Crippen molar-refractivity contribution in [3.63, 3.8) is 0 Å². The molecular formula is C3H5ClNO. The Hall–Kier alpha value is -0.0800. The van der Waals surface area contributed by atoms with Crippen molar-refractivity contribution in [2.24, 2.45) is 0 Å². The summed E-state index contributed by atoms with van der Waals surface area (Å²) >= 11 is 4.94. The molecule has 2 nitrogen and oxygen atoms in total. The highest BCUT2D eigenvalue weighted by molar-refractivity contribution is 6.14. The second kappa shape index (κ2) is 3.12. The third kappa shape index (κ3) is 2.18. The van der Waals surface area contributed by atoms with Gasteiger partial charge in [0.15, 0.2) is 0 Å². The molecule has 0 spiro atoms. The van der Waals surface area contributed by atoms with Gasteiger partial charge in [0.2, 0.25) is 6.29 Å². The first kappa shape index (κ1) is 5.92. The quantitative estimate of drug-likeness (QED) is 0.511. The fourth-order valence-corrected chi connectivity index (χ4v) is 0.0668. The van der Waals surface area contributed by atoms with Crippen LogP contribution in [-0.2, 0) is 4.79 Å². The summed E-state index contributed by atoms with van der Waals surface area (Å²) in [6, 6.07) is -0.355. The minimum absolute atomic E-state index is 0.355. The number of hydrogen-bond donors (Lipinski definition) is 1. The Morgan fingerprint density at radius 2 is 2.50 bits per heavy atom. The van der Waals surface area contributed by atoms with Crippen molar-refractivity contribution in [1.82, 2.24) is 4.84 Å². The zero-order chi connectivity index (χ0) is 4.99. The Morgan fingerprint density at radius 1 is 2.00 bits per heavy atom. The molecule has 35 valence electrons. The lowest BCUT2D eigenvalue weighted by molar-refractivity contribution is 0.542. The maximum Gasteiger partial charge on any atom is 0.217 e. The topological polar surface area (TPSA) is 29.1 Å². The summed E-state index contributed by atoms with van der Waals surface area (Å²) in [7, 11) is 0. The number of carbonyl (C=O) groups excluding carboxylic acids is 1. The van der Waals surface area contributed by atoms with Crippen molar-refractivity contribution < 1.29 is 4.79 Å². The number of rotatable bonds is 2. The van der Waals surface area contributed by atoms with Gasteiger partial charge < -0.3 is 0 Å². The lowest BCUT2D eigenvalue weighted by Crippen LogP contribution is -2.16. The lowest BCUT2D eigenvalue weighted by Gasteiger charge is -1.89. The fraction of sp³-hybridized carbons (Fsp3) is 0.667. The van der Waals surface area contributed by atoms with Gasteiger partial charge in [-0.1, -0.05) is 0 Å². The van der Waals surface area contributed by atoms with E-state index in [0.717, 1.165) is 0 Å². The summed E-state index contributed by atoms with van der Waals surface area (Å²) in [5.41, 5.74) is 0. The average molecular weight is 107 g/mol. The van der Waals surface area contributed by atoms with E-state index in [2.05, 4.69) is 4.84 Å². The monoisotopic (exact) mass is 106 g/mol. The Kier molecular flexibility index (Phi) is 3.08. The first-order valence-electron chi connectivity index (χ1n) is 1.55. The number of halogens is 1. The molecule has 0 rings (SSSR count). The maximum absolute atomic E-state index is 9.46. The normalized spacial score (nSPS) is 13.7. The summed E-state index contributed by atoms with van der Waals surface area (Å²) in [6.07, 6.45) is 1.62. The largest absolute Gasteiger partial charge is 0.289 e. The maximum atomic E-state index is 9.46. The van der Waals surface area contributed by atoms with Gasteiger partial charge in [-0.2, -0.15) is 0 Å². The Balaban J connectivity index is 2.96. The highest BCUT2D eigenvalue weighted by Gasteiger charge is 1.91. The average Bonchev–Trinajstić information content (AvgIpc) is 1.65. The van der Waals surface area contributed by atoms with Crippen molar-refractivity contribution in [3.05, 3.63) is 0 Å². The van der Waals surface area contributed by atoms with E-state index >= 15 is 0 Å². The van der Waals surface area contributed by atoms with Crippen LogP contribution in [0.15, 0.2) is 0 Å². The van der Waals surface area contributed by atoms with Crippen LogP contribution in [0.4, 0.5) is 0 Å². The Labute approximate surface area is 41.6 Å². The van der Waals surface area contributed by atoms with Gasteiger partial charge in [-0.25, -0.2) is 4.84 Å². The molecule has 0 saturated carbocycles. The predicted molar refractivity (Wildman–Crippen MR) is 24.1 cm³/mol. The van der Waals surface area contributed by atoms with Gasteiger partial charge >= 0.3 is 0 Å². The molecule has 3 heteroatoms. The molecule has 6 heavy (non-hydrogen) atoms. The molecule has 0 aliphatic heterocycles. The first-order valence-corrected chi connectivity index (χ1v) is 1.93. The molecule has 0 heterocycles. The molecule has 0 fully saturated rings. The van der Waals surface area contributed by atoms with Crippen molar-refractivity contribution in [2.75, 3.05) is 0 Å². The van der Waals surface area contributed by atoms with Gasteiger partial charge in [0.1, 0.15) is 0 Å². The van der Waals surface area contributed by atoms with E-state index in [0.29, 0.717) is 0 Å². The van der Waals surface area contributed by atoms with Crippen LogP contribution in [0, 0.1) is 0 Å². The van der Waals surface area contributed by atoms with Crippen LogP contribution >= 0.6 is 11.8 Å². The fourth-order valence-electron chi connectivity index (χ4n) is 0.0223. The molecule has 1 radical (unpaired) electrons. The SMILES string of the molecule is CC([C]=O)NCl. The zero-order valence-corrected chi connectivity index (χ0v) is 4.12. The van der Waals surface area contributed by atoms with Crippen LogP contribution in [-0.4, -0.2) is 12.3 Å². The van der Waals surface area contributed by atoms with Crippen molar-refractivity contribution in [3.8, 4) is 0 Å². The van der Waals surface area contributed by atoms with Crippen LogP contribution in [0.3, 0.4) is 0 Å². The molecule has 0 aliphatic carbocycles. The summed E-state index contributed by atoms with van der Waals surface area (Å²) in [5, 5.41) is 0. The Morgan fingerprint density at radius 3 is 2.50 bits per heavy atom. The van der Waals surface area contributed by atoms with Gasteiger partial charge in [0.05, 0.1) is 6.04 Å². The molecule has 0 aromatic carbocycles. The first-order chi connectivity index (χ1) is 2.81. The van der Waals surface area contributed by atoms with Gasteiger partial charge in [-0.15, -0.1) is 0 Å². The molecule has 1 atom stereocenters. The molecule has 0 aromatic rings. The molecule has 0 bridgehead atoms.